The van der Waals surface area contributed by atoms with Crippen molar-refractivity contribution in [1.29, 1.82) is 0 Å². The van der Waals surface area contributed by atoms with Gasteiger partial charge in [0, 0.05) is 23.0 Å². The van der Waals surface area contributed by atoms with Gasteiger partial charge in [-0.2, -0.15) is 0 Å². The van der Waals surface area contributed by atoms with Gasteiger partial charge in [0.15, 0.2) is 0 Å². The van der Waals surface area contributed by atoms with E-state index >= 15 is 0 Å². The highest BCUT2D eigenvalue weighted by molar-refractivity contribution is 9.10. The third-order valence-corrected chi connectivity index (χ3v) is 4.02. The first kappa shape index (κ1) is 18.1. The molecule has 1 atom stereocenters. The van der Waals surface area contributed by atoms with Crippen molar-refractivity contribution in [2.45, 2.75) is 19.4 Å². The topological polar surface area (TPSA) is 58.2 Å². The number of amides is 2. The molecule has 2 aromatic rings. The molecule has 2 N–H and O–H groups in total. The molecule has 24 heavy (non-hydrogen) atoms. The molecule has 0 fully saturated rings. The molecule has 0 radical (unpaired) electrons. The lowest BCUT2D eigenvalue weighted by Crippen LogP contribution is -2.32. The summed E-state index contributed by atoms with van der Waals surface area (Å²) >= 11 is 3.31. The summed E-state index contributed by atoms with van der Waals surface area (Å²) in [5.74, 6) is -0.710. The number of hydrogen-bond acceptors (Lipinski definition) is 2. The van der Waals surface area contributed by atoms with Crippen molar-refractivity contribution in [3.8, 4) is 0 Å². The monoisotopic (exact) mass is 392 g/mol. The maximum Gasteiger partial charge on any atom is 0.251 e. The van der Waals surface area contributed by atoms with E-state index in [1.165, 1.54) is 12.1 Å². The van der Waals surface area contributed by atoms with Gasteiger partial charge < -0.3 is 10.6 Å². The average molecular weight is 393 g/mol. The van der Waals surface area contributed by atoms with Crippen LogP contribution in [0.4, 0.5) is 4.39 Å². The van der Waals surface area contributed by atoms with Gasteiger partial charge in [-0.3, -0.25) is 9.59 Å². The number of hydrogen-bond donors (Lipinski definition) is 2. The quantitative estimate of drug-likeness (QED) is 0.788. The van der Waals surface area contributed by atoms with E-state index in [0.717, 1.165) is 10.0 Å². The summed E-state index contributed by atoms with van der Waals surface area (Å²) < 4.78 is 13.8. The molecule has 4 nitrogen and oxygen atoms in total. The van der Waals surface area contributed by atoms with Crippen LogP contribution in [0.1, 0.15) is 35.3 Å². The smallest absolute Gasteiger partial charge is 0.251 e. The van der Waals surface area contributed by atoms with Crippen LogP contribution in [0.5, 0.6) is 0 Å². The summed E-state index contributed by atoms with van der Waals surface area (Å²) in [6.45, 7) is 2.07. The van der Waals surface area contributed by atoms with E-state index in [1.807, 2.05) is 6.92 Å². The van der Waals surface area contributed by atoms with E-state index in [-0.39, 0.29) is 36.6 Å². The molecule has 0 aliphatic carbocycles. The first-order valence-corrected chi connectivity index (χ1v) is 8.33. The van der Waals surface area contributed by atoms with Crippen molar-refractivity contribution in [3.63, 3.8) is 0 Å². The molecule has 6 heteroatoms. The minimum atomic E-state index is -0.312. The second-order valence-corrected chi connectivity index (χ2v) is 6.27. The summed E-state index contributed by atoms with van der Waals surface area (Å²) in [7, 11) is 0. The highest BCUT2D eigenvalue weighted by Crippen LogP contribution is 2.13. The van der Waals surface area contributed by atoms with Crippen LogP contribution < -0.4 is 10.6 Å². The third-order valence-electron chi connectivity index (χ3n) is 3.49. The number of benzene rings is 2. The van der Waals surface area contributed by atoms with Gasteiger partial charge in [0.25, 0.3) is 5.91 Å². The molecule has 0 spiro atoms. The summed E-state index contributed by atoms with van der Waals surface area (Å²) in [5.41, 5.74) is 1.36. The van der Waals surface area contributed by atoms with E-state index in [4.69, 9.17) is 0 Å². The highest BCUT2D eigenvalue weighted by Gasteiger charge is 2.10. The van der Waals surface area contributed by atoms with E-state index in [9.17, 15) is 14.0 Å². The number of halogens is 2. The largest absolute Gasteiger partial charge is 0.352 e. The molecule has 0 saturated carbocycles. The Hall–Kier alpha value is -2.21. The highest BCUT2D eigenvalue weighted by atomic mass is 79.9. The van der Waals surface area contributed by atoms with Gasteiger partial charge in [-0.05, 0) is 48.9 Å². The summed E-state index contributed by atoms with van der Waals surface area (Å²) in [5, 5.41) is 5.52. The maximum atomic E-state index is 12.9. The fourth-order valence-corrected chi connectivity index (χ4v) is 2.41. The Morgan fingerprint density at radius 2 is 1.71 bits per heavy atom. The molecule has 2 rings (SSSR count). The molecule has 0 heterocycles. The lowest BCUT2D eigenvalue weighted by Gasteiger charge is -2.14. The Kier molecular flexibility index (Phi) is 6.49. The normalized spacial score (nSPS) is 11.6. The lowest BCUT2D eigenvalue weighted by molar-refractivity contribution is -0.121. The Balaban J connectivity index is 1.75. The SMILES string of the molecule is CC(NC(=O)CCNC(=O)c1ccc(Br)cc1)c1ccc(F)cc1. The Morgan fingerprint density at radius 1 is 1.08 bits per heavy atom. The van der Waals surface area contributed by atoms with Crippen LogP contribution in [-0.2, 0) is 4.79 Å². The van der Waals surface area contributed by atoms with Crippen LogP contribution in [0.25, 0.3) is 0 Å². The average Bonchev–Trinajstić information content (AvgIpc) is 2.55. The standard InChI is InChI=1S/C18H18BrFN2O2/c1-12(13-4-8-16(20)9-5-13)22-17(23)10-11-21-18(24)14-2-6-15(19)7-3-14/h2-9,12H,10-11H2,1H3,(H,21,24)(H,22,23). The molecule has 0 saturated heterocycles. The molecular formula is C18H18BrFN2O2. The fraction of sp³-hybridized carbons (Fsp3) is 0.222. The molecule has 2 amide bonds. The molecule has 0 aliphatic rings. The van der Waals surface area contributed by atoms with Crippen LogP contribution in [0.2, 0.25) is 0 Å². The molecule has 0 bridgehead atoms. The van der Waals surface area contributed by atoms with Crippen LogP contribution in [0.15, 0.2) is 53.0 Å². The first-order valence-electron chi connectivity index (χ1n) is 7.54. The third kappa shape index (κ3) is 5.45. The van der Waals surface area contributed by atoms with Gasteiger partial charge in [0.05, 0.1) is 6.04 Å². The van der Waals surface area contributed by atoms with Gasteiger partial charge in [0.1, 0.15) is 5.82 Å². The van der Waals surface area contributed by atoms with E-state index in [2.05, 4.69) is 26.6 Å². The van der Waals surface area contributed by atoms with Crippen molar-refractivity contribution >= 4 is 27.7 Å². The predicted octanol–water partition coefficient (Wildman–Crippen LogP) is 3.59. The number of nitrogens with one attached hydrogen (secondary N) is 2. The molecule has 0 aromatic heterocycles. The zero-order chi connectivity index (χ0) is 17.5. The van der Waals surface area contributed by atoms with Crippen LogP contribution in [0, 0.1) is 5.82 Å². The molecule has 1 unspecified atom stereocenters. The van der Waals surface area contributed by atoms with Crippen molar-refractivity contribution in [1.82, 2.24) is 10.6 Å². The van der Waals surface area contributed by atoms with Crippen molar-refractivity contribution in [3.05, 3.63) is 69.9 Å². The second kappa shape index (κ2) is 8.59. The molecule has 0 aliphatic heterocycles. The number of rotatable bonds is 6. The van der Waals surface area contributed by atoms with Gasteiger partial charge in [-0.25, -0.2) is 4.39 Å². The summed E-state index contributed by atoms with van der Waals surface area (Å²) in [4.78, 5) is 23.8. The van der Waals surface area contributed by atoms with Crippen LogP contribution in [-0.4, -0.2) is 18.4 Å². The zero-order valence-electron chi connectivity index (χ0n) is 13.2. The number of carbonyl (C=O) groups is 2. The van der Waals surface area contributed by atoms with Crippen LogP contribution in [0.3, 0.4) is 0 Å². The van der Waals surface area contributed by atoms with Gasteiger partial charge >= 0.3 is 0 Å². The van der Waals surface area contributed by atoms with Gasteiger partial charge in [-0.15, -0.1) is 0 Å². The van der Waals surface area contributed by atoms with E-state index in [0.29, 0.717) is 5.56 Å². The van der Waals surface area contributed by atoms with Gasteiger partial charge in [0.2, 0.25) is 5.91 Å². The fourth-order valence-electron chi connectivity index (χ4n) is 2.14. The Morgan fingerprint density at radius 3 is 2.33 bits per heavy atom. The first-order chi connectivity index (χ1) is 11.5. The molecule has 126 valence electrons. The lowest BCUT2D eigenvalue weighted by atomic mass is 10.1. The van der Waals surface area contributed by atoms with E-state index < -0.39 is 0 Å². The van der Waals surface area contributed by atoms with E-state index in [1.54, 1.807) is 36.4 Å². The molecule has 2 aromatic carbocycles. The predicted molar refractivity (Wildman–Crippen MR) is 94.0 cm³/mol. The minimum Gasteiger partial charge on any atom is -0.352 e. The number of carbonyl (C=O) groups excluding carboxylic acids is 2. The maximum absolute atomic E-state index is 12.9. The van der Waals surface area contributed by atoms with Gasteiger partial charge in [-0.1, -0.05) is 28.1 Å². The summed E-state index contributed by atoms with van der Waals surface area (Å²) in [6, 6.07) is 12.7. The Labute approximate surface area is 148 Å². The second-order valence-electron chi connectivity index (χ2n) is 5.35. The van der Waals surface area contributed by atoms with Crippen LogP contribution >= 0.6 is 15.9 Å². The molecular weight excluding hydrogens is 375 g/mol. The Bertz CT molecular complexity index is 702. The zero-order valence-corrected chi connectivity index (χ0v) is 14.8. The minimum absolute atomic E-state index is 0.174. The van der Waals surface area contributed by atoms with Crippen molar-refractivity contribution in [2.75, 3.05) is 6.54 Å². The van der Waals surface area contributed by atoms with Crippen molar-refractivity contribution < 1.29 is 14.0 Å². The van der Waals surface area contributed by atoms with Crippen molar-refractivity contribution in [2.24, 2.45) is 0 Å². The summed E-state index contributed by atoms with van der Waals surface area (Å²) in [6.07, 6.45) is 0.174.